The van der Waals surface area contributed by atoms with Gasteiger partial charge in [0.15, 0.2) is 0 Å². The second-order valence-corrected chi connectivity index (χ2v) is 2.72. The van der Waals surface area contributed by atoms with Crippen molar-refractivity contribution in [3.05, 3.63) is 25.3 Å². The van der Waals surface area contributed by atoms with Gasteiger partial charge in [-0.25, -0.2) is 4.79 Å². The van der Waals surface area contributed by atoms with Gasteiger partial charge in [-0.1, -0.05) is 12.7 Å². The first-order valence-corrected chi connectivity index (χ1v) is 4.29. The Morgan fingerprint density at radius 3 is 2.78 bits per heavy atom. The number of allylic oxidation sites excluding steroid dienone is 1. The molecule has 0 radical (unpaired) electrons. The Balaban J connectivity index is 3.16. The molecule has 3 heteroatoms. The van der Waals surface area contributed by atoms with Crippen LogP contribution < -0.4 is 0 Å². The summed E-state index contributed by atoms with van der Waals surface area (Å²) < 4.78 is 4.74. The zero-order valence-corrected chi connectivity index (χ0v) is 6.71. The fraction of sp³-hybridized carbons (Fsp3) is 0.167. The maximum atomic E-state index is 10.3. The normalized spacial score (nSPS) is 9.33. The summed E-state index contributed by atoms with van der Waals surface area (Å²) in [6, 6.07) is 0.833. The molecular weight excluding hydrogens is 132 g/mol. The van der Waals surface area contributed by atoms with Crippen LogP contribution in [0.3, 0.4) is 0 Å². The van der Waals surface area contributed by atoms with Crippen molar-refractivity contribution >= 4 is 15.7 Å². The second kappa shape index (κ2) is 5.31. The molecule has 0 heterocycles. The van der Waals surface area contributed by atoms with E-state index in [0.717, 1.165) is 6.04 Å². The lowest BCUT2D eigenvalue weighted by Gasteiger charge is -1.95. The summed E-state index contributed by atoms with van der Waals surface area (Å²) in [7, 11) is -0.686. The van der Waals surface area contributed by atoms with Gasteiger partial charge in [0, 0.05) is 6.08 Å². The van der Waals surface area contributed by atoms with Crippen molar-refractivity contribution < 1.29 is 9.22 Å². The molecule has 0 aliphatic carbocycles. The van der Waals surface area contributed by atoms with Gasteiger partial charge in [0.05, 0.1) is 0 Å². The van der Waals surface area contributed by atoms with Gasteiger partial charge in [0.1, 0.15) is 0 Å². The average molecular weight is 142 g/mol. The maximum Gasteiger partial charge on any atom is 0.316 e. The van der Waals surface area contributed by atoms with E-state index in [2.05, 4.69) is 13.2 Å². The topological polar surface area (TPSA) is 26.3 Å². The lowest BCUT2D eigenvalue weighted by molar-refractivity contribution is -0.128. The van der Waals surface area contributed by atoms with Crippen LogP contribution in [0.25, 0.3) is 0 Å². The summed E-state index contributed by atoms with van der Waals surface area (Å²) in [5.74, 6) is -0.316. The standard InChI is InChI=1S/C6H10O2Si/c1-3-5-9-8-6(7)4-2/h3-4H,1-2,5,9H2. The largest absolute Gasteiger partial charge is 0.522 e. The first-order chi connectivity index (χ1) is 4.31. The molecule has 0 unspecified atom stereocenters. The number of rotatable bonds is 4. The van der Waals surface area contributed by atoms with Gasteiger partial charge < -0.3 is 4.43 Å². The minimum atomic E-state index is -0.686. The van der Waals surface area contributed by atoms with Crippen LogP contribution in [0.4, 0.5) is 0 Å². The van der Waals surface area contributed by atoms with Gasteiger partial charge in [0.2, 0.25) is 9.76 Å². The second-order valence-electron chi connectivity index (χ2n) is 1.45. The Bertz CT molecular complexity index is 120. The van der Waals surface area contributed by atoms with Crippen LogP contribution >= 0.6 is 0 Å². The highest BCUT2D eigenvalue weighted by Gasteiger charge is 1.91. The minimum absolute atomic E-state index is 0.316. The van der Waals surface area contributed by atoms with Crippen LogP contribution in [0.5, 0.6) is 0 Å². The molecule has 0 N–H and O–H groups in total. The lowest BCUT2D eigenvalue weighted by Crippen LogP contribution is -2.03. The molecule has 0 bridgehead atoms. The zero-order chi connectivity index (χ0) is 7.11. The molecule has 0 saturated heterocycles. The predicted octanol–water partition coefficient (Wildman–Crippen LogP) is 0.404. The Morgan fingerprint density at radius 1 is 1.67 bits per heavy atom. The van der Waals surface area contributed by atoms with E-state index in [9.17, 15) is 4.79 Å². The molecule has 50 valence electrons. The molecule has 0 aliphatic heterocycles. The molecule has 0 aromatic rings. The van der Waals surface area contributed by atoms with Crippen molar-refractivity contribution in [3.63, 3.8) is 0 Å². The maximum absolute atomic E-state index is 10.3. The number of hydrogen-bond donors (Lipinski definition) is 0. The first kappa shape index (κ1) is 8.17. The number of carbonyl (C=O) groups is 1. The molecule has 0 aromatic heterocycles. The van der Waals surface area contributed by atoms with E-state index in [0.29, 0.717) is 0 Å². The fourth-order valence-electron chi connectivity index (χ4n) is 0.302. The summed E-state index contributed by atoms with van der Waals surface area (Å²) in [5.41, 5.74) is 0. The molecular formula is C6H10O2Si. The summed E-state index contributed by atoms with van der Waals surface area (Å²) in [4.78, 5) is 10.3. The quantitative estimate of drug-likeness (QED) is 0.246. The van der Waals surface area contributed by atoms with Crippen LogP contribution in [0.2, 0.25) is 6.04 Å². The average Bonchev–Trinajstić information content (AvgIpc) is 1.89. The Kier molecular flexibility index (Phi) is 4.82. The van der Waals surface area contributed by atoms with E-state index in [-0.39, 0.29) is 5.97 Å². The Morgan fingerprint density at radius 2 is 2.33 bits per heavy atom. The number of hydrogen-bond acceptors (Lipinski definition) is 2. The van der Waals surface area contributed by atoms with Gasteiger partial charge in [-0.05, 0) is 6.04 Å². The molecule has 0 rings (SSSR count). The van der Waals surface area contributed by atoms with E-state index in [1.54, 1.807) is 6.08 Å². The van der Waals surface area contributed by atoms with Crippen LogP contribution in [0.1, 0.15) is 0 Å². The summed E-state index contributed by atoms with van der Waals surface area (Å²) in [6.07, 6.45) is 2.93. The van der Waals surface area contributed by atoms with E-state index < -0.39 is 9.76 Å². The van der Waals surface area contributed by atoms with Gasteiger partial charge in [0.25, 0.3) is 0 Å². The van der Waals surface area contributed by atoms with Crippen LogP contribution in [-0.4, -0.2) is 15.7 Å². The van der Waals surface area contributed by atoms with Gasteiger partial charge in [-0.3, -0.25) is 0 Å². The Labute approximate surface area is 57.2 Å². The highest BCUT2D eigenvalue weighted by atomic mass is 28.2. The molecule has 0 aliphatic rings. The van der Waals surface area contributed by atoms with Gasteiger partial charge in [-0.15, -0.1) is 6.58 Å². The fourth-order valence-corrected chi connectivity index (χ4v) is 0.905. The van der Waals surface area contributed by atoms with E-state index in [4.69, 9.17) is 4.43 Å². The first-order valence-electron chi connectivity index (χ1n) is 2.71. The highest BCUT2D eigenvalue weighted by Crippen LogP contribution is 1.82. The number of carbonyl (C=O) groups excluding carboxylic acids is 1. The summed E-state index contributed by atoms with van der Waals surface area (Å²) in [5, 5.41) is 0. The smallest absolute Gasteiger partial charge is 0.316 e. The predicted molar refractivity (Wildman–Crippen MR) is 39.8 cm³/mol. The van der Waals surface area contributed by atoms with E-state index >= 15 is 0 Å². The molecule has 0 aromatic carbocycles. The van der Waals surface area contributed by atoms with E-state index in [1.165, 1.54) is 6.08 Å². The Hall–Kier alpha value is -0.833. The van der Waals surface area contributed by atoms with Crippen molar-refractivity contribution in [2.24, 2.45) is 0 Å². The van der Waals surface area contributed by atoms with Crippen molar-refractivity contribution in [3.8, 4) is 0 Å². The molecule has 0 saturated carbocycles. The summed E-state index contributed by atoms with van der Waals surface area (Å²) in [6.45, 7) is 6.76. The minimum Gasteiger partial charge on any atom is -0.522 e. The van der Waals surface area contributed by atoms with Crippen LogP contribution in [-0.2, 0) is 9.22 Å². The third-order valence-electron chi connectivity index (χ3n) is 0.733. The SMILES string of the molecule is C=CC[SiH2]OC(=O)C=C. The molecule has 0 amide bonds. The monoisotopic (exact) mass is 142 g/mol. The van der Waals surface area contributed by atoms with Crippen molar-refractivity contribution in [1.82, 2.24) is 0 Å². The van der Waals surface area contributed by atoms with Gasteiger partial charge in [-0.2, -0.15) is 0 Å². The van der Waals surface area contributed by atoms with Crippen molar-refractivity contribution in [1.29, 1.82) is 0 Å². The molecule has 0 atom stereocenters. The third kappa shape index (κ3) is 5.03. The zero-order valence-electron chi connectivity index (χ0n) is 5.30. The molecule has 2 nitrogen and oxygen atoms in total. The van der Waals surface area contributed by atoms with Crippen molar-refractivity contribution in [2.45, 2.75) is 6.04 Å². The molecule has 9 heavy (non-hydrogen) atoms. The highest BCUT2D eigenvalue weighted by molar-refractivity contribution is 6.31. The molecule has 0 fully saturated rings. The summed E-state index contributed by atoms with van der Waals surface area (Å²) >= 11 is 0. The van der Waals surface area contributed by atoms with Gasteiger partial charge >= 0.3 is 5.97 Å². The molecule has 0 spiro atoms. The lowest BCUT2D eigenvalue weighted by atomic mass is 10.7. The van der Waals surface area contributed by atoms with Crippen molar-refractivity contribution in [2.75, 3.05) is 0 Å². The van der Waals surface area contributed by atoms with Crippen LogP contribution in [0, 0.1) is 0 Å². The van der Waals surface area contributed by atoms with E-state index in [1.807, 2.05) is 0 Å². The third-order valence-corrected chi connectivity index (χ3v) is 1.87. The van der Waals surface area contributed by atoms with Crippen LogP contribution in [0.15, 0.2) is 25.3 Å².